The molecule has 3 amide bonds. The zero-order chi connectivity index (χ0) is 30.0. The van der Waals surface area contributed by atoms with Crippen LogP contribution in [0.3, 0.4) is 0 Å². The minimum atomic E-state index is -1.24. The Hall–Kier alpha value is -4.71. The lowest BCUT2D eigenvalue weighted by Crippen LogP contribution is -2.50. The maximum Gasteiger partial charge on any atom is 0.285 e. The number of amidine groups is 1. The fraction of sp³-hybridized carbons (Fsp3) is 0.156. The van der Waals surface area contributed by atoms with Gasteiger partial charge in [-0.2, -0.15) is 0 Å². The van der Waals surface area contributed by atoms with Crippen LogP contribution in [-0.2, 0) is 19.3 Å². The second kappa shape index (κ2) is 10.2. The molecule has 0 radical (unpaired) electrons. The standard InChI is InChI=1S/C32H22ClN5O5S/c33-20-14-12-19(13-15-20)26-27-28(35-43-26)37(25-11-5-6-16-34-25)32(44-27)23-9-3-4-10-24(23)36(31(32)41)17-18-42-38-29(39)21-7-1-2-8-22(21)30(38)40/h1-16,26-27H,17-18H2. The number of rotatable bonds is 6. The Kier molecular flexibility index (Phi) is 6.23. The molecule has 1 aromatic heterocycles. The molecule has 0 N–H and O–H groups in total. The molecule has 0 bridgehead atoms. The predicted octanol–water partition coefficient (Wildman–Crippen LogP) is 5.17. The Labute approximate surface area is 260 Å². The van der Waals surface area contributed by atoms with Gasteiger partial charge in [0.1, 0.15) is 11.1 Å². The van der Waals surface area contributed by atoms with Crippen LogP contribution in [0.4, 0.5) is 11.5 Å². The predicted molar refractivity (Wildman–Crippen MR) is 164 cm³/mol. The number of carbonyl (C=O) groups is 3. The molecule has 3 atom stereocenters. The average molecular weight is 624 g/mol. The number of amides is 3. The number of thioether (sulfide) groups is 1. The second-order valence-corrected chi connectivity index (χ2v) is 12.3. The number of halogens is 1. The molecule has 4 aliphatic heterocycles. The highest BCUT2D eigenvalue weighted by atomic mass is 35.5. The monoisotopic (exact) mass is 623 g/mol. The number of carbonyl (C=O) groups excluding carboxylic acids is 3. The van der Waals surface area contributed by atoms with Gasteiger partial charge in [-0.25, -0.2) is 4.98 Å². The minimum Gasteiger partial charge on any atom is -0.384 e. The van der Waals surface area contributed by atoms with Crippen molar-refractivity contribution < 1.29 is 24.1 Å². The number of benzene rings is 3. The van der Waals surface area contributed by atoms with Crippen LogP contribution in [0.25, 0.3) is 0 Å². The third-order valence-corrected chi connectivity index (χ3v) is 9.98. The van der Waals surface area contributed by atoms with E-state index in [0.29, 0.717) is 22.4 Å². The number of imide groups is 1. The number of anilines is 2. The maximum absolute atomic E-state index is 14.7. The van der Waals surface area contributed by atoms with E-state index in [1.54, 1.807) is 47.5 Å². The maximum atomic E-state index is 14.7. The molecule has 0 saturated carbocycles. The second-order valence-electron chi connectivity index (χ2n) is 10.5. The molecule has 12 heteroatoms. The van der Waals surface area contributed by atoms with E-state index in [4.69, 9.17) is 21.3 Å². The van der Waals surface area contributed by atoms with Crippen LogP contribution in [0, 0.1) is 0 Å². The number of hydrogen-bond donors (Lipinski definition) is 0. The smallest absolute Gasteiger partial charge is 0.285 e. The molecule has 1 fully saturated rings. The van der Waals surface area contributed by atoms with E-state index in [1.807, 2.05) is 59.5 Å². The number of fused-ring (bicyclic) bond motifs is 4. The number of oxime groups is 1. The Bertz CT molecular complexity index is 1840. The van der Waals surface area contributed by atoms with Crippen LogP contribution < -0.4 is 9.80 Å². The van der Waals surface area contributed by atoms with Crippen molar-refractivity contribution in [1.29, 1.82) is 0 Å². The van der Waals surface area contributed by atoms with Gasteiger partial charge < -0.3 is 9.74 Å². The lowest BCUT2D eigenvalue weighted by Gasteiger charge is -2.33. The summed E-state index contributed by atoms with van der Waals surface area (Å²) in [5, 5.41) is 5.56. The first-order chi connectivity index (χ1) is 21.5. The van der Waals surface area contributed by atoms with Crippen LogP contribution in [0.5, 0.6) is 0 Å². The zero-order valence-corrected chi connectivity index (χ0v) is 24.4. The summed E-state index contributed by atoms with van der Waals surface area (Å²) in [7, 11) is 0. The topological polar surface area (TPSA) is 105 Å². The van der Waals surface area contributed by atoms with E-state index < -0.39 is 22.8 Å². The van der Waals surface area contributed by atoms with E-state index in [9.17, 15) is 14.4 Å². The van der Waals surface area contributed by atoms with Gasteiger partial charge >= 0.3 is 0 Å². The van der Waals surface area contributed by atoms with Gasteiger partial charge in [0.05, 0.1) is 30.0 Å². The molecular weight excluding hydrogens is 602 g/mol. The van der Waals surface area contributed by atoms with Gasteiger partial charge in [0.15, 0.2) is 11.9 Å². The van der Waals surface area contributed by atoms with Crippen molar-refractivity contribution in [2.45, 2.75) is 16.2 Å². The molecule has 1 saturated heterocycles. The van der Waals surface area contributed by atoms with Gasteiger partial charge in [0.2, 0.25) is 4.87 Å². The van der Waals surface area contributed by atoms with Gasteiger partial charge in [0, 0.05) is 16.8 Å². The van der Waals surface area contributed by atoms with Gasteiger partial charge in [-0.1, -0.05) is 65.3 Å². The molecule has 10 nitrogen and oxygen atoms in total. The lowest BCUT2D eigenvalue weighted by atomic mass is 10.0. The van der Waals surface area contributed by atoms with Crippen LogP contribution in [-0.4, -0.2) is 52.0 Å². The minimum absolute atomic E-state index is 0.0865. The van der Waals surface area contributed by atoms with Crippen molar-refractivity contribution >= 4 is 58.4 Å². The van der Waals surface area contributed by atoms with Crippen LogP contribution in [0.2, 0.25) is 5.02 Å². The van der Waals surface area contributed by atoms with E-state index in [1.165, 1.54) is 11.8 Å². The van der Waals surface area contributed by atoms with Gasteiger partial charge in [-0.05, 0) is 48.0 Å². The molecule has 3 unspecified atom stereocenters. The summed E-state index contributed by atoms with van der Waals surface area (Å²) in [5.41, 5.74) is 2.93. The summed E-state index contributed by atoms with van der Waals surface area (Å²) in [6.07, 6.45) is 1.22. The van der Waals surface area contributed by atoms with Crippen molar-refractivity contribution in [2.24, 2.45) is 5.16 Å². The first kappa shape index (κ1) is 26.9. The normalized spacial score (nSPS) is 23.2. The lowest BCUT2D eigenvalue weighted by molar-refractivity contribution is -0.121. The molecule has 0 aliphatic carbocycles. The van der Waals surface area contributed by atoms with Crippen molar-refractivity contribution in [1.82, 2.24) is 10.0 Å². The number of para-hydroxylation sites is 1. The average Bonchev–Trinajstić information content (AvgIpc) is 3.75. The highest BCUT2D eigenvalue weighted by molar-refractivity contribution is 8.03. The highest BCUT2D eigenvalue weighted by Crippen LogP contribution is 2.61. The third kappa shape index (κ3) is 3.83. The fourth-order valence-corrected chi connectivity index (χ4v) is 8.03. The van der Waals surface area contributed by atoms with E-state index >= 15 is 0 Å². The number of aromatic nitrogens is 1. The van der Waals surface area contributed by atoms with Crippen molar-refractivity contribution in [2.75, 3.05) is 23.0 Å². The number of nitrogens with zero attached hydrogens (tertiary/aromatic N) is 5. The molecule has 3 aromatic carbocycles. The van der Waals surface area contributed by atoms with E-state index in [2.05, 4.69) is 10.1 Å². The van der Waals surface area contributed by atoms with Crippen LogP contribution >= 0.6 is 23.4 Å². The van der Waals surface area contributed by atoms with Gasteiger partial charge in [-0.15, -0.1) is 16.8 Å². The summed E-state index contributed by atoms with van der Waals surface area (Å²) in [6.45, 7) is 0.00659. The van der Waals surface area contributed by atoms with Gasteiger partial charge in [0.25, 0.3) is 17.7 Å². The molecule has 5 heterocycles. The Morgan fingerprint density at radius 3 is 2.32 bits per heavy atom. The summed E-state index contributed by atoms with van der Waals surface area (Å²) in [4.78, 5) is 58.9. The number of pyridine rings is 1. The third-order valence-electron chi connectivity index (χ3n) is 8.09. The van der Waals surface area contributed by atoms with Crippen molar-refractivity contribution in [3.63, 3.8) is 0 Å². The number of hydroxylamine groups is 2. The van der Waals surface area contributed by atoms with E-state index in [0.717, 1.165) is 16.2 Å². The molecule has 218 valence electrons. The summed E-state index contributed by atoms with van der Waals surface area (Å²) >= 11 is 7.61. The molecule has 4 aliphatic rings. The quantitative estimate of drug-likeness (QED) is 0.271. The first-order valence-electron chi connectivity index (χ1n) is 13.9. The summed E-state index contributed by atoms with van der Waals surface area (Å²) < 4.78 is 0. The molecule has 4 aromatic rings. The van der Waals surface area contributed by atoms with E-state index in [-0.39, 0.29) is 35.4 Å². The van der Waals surface area contributed by atoms with Crippen molar-refractivity contribution in [3.8, 4) is 0 Å². The van der Waals surface area contributed by atoms with Gasteiger partial charge in [-0.3, -0.25) is 24.1 Å². The fourth-order valence-electron chi connectivity index (χ4n) is 6.15. The summed E-state index contributed by atoms with van der Waals surface area (Å²) in [5.74, 6) is -0.133. The Morgan fingerprint density at radius 1 is 0.886 bits per heavy atom. The molecule has 1 spiro atoms. The molecule has 44 heavy (non-hydrogen) atoms. The zero-order valence-electron chi connectivity index (χ0n) is 22.9. The van der Waals surface area contributed by atoms with Crippen LogP contribution in [0.1, 0.15) is 37.9 Å². The Balaban J connectivity index is 1.13. The largest absolute Gasteiger partial charge is 0.384 e. The SMILES string of the molecule is O=C1c2ccccc2C(=O)N1OCCN1C(=O)C2(SC3C(=NOC3c3ccc(Cl)cc3)N2c2ccccn2)c2ccccc21. The summed E-state index contributed by atoms with van der Waals surface area (Å²) in [6, 6.07) is 27.1. The highest BCUT2D eigenvalue weighted by Gasteiger charge is 2.66. The van der Waals surface area contributed by atoms with Crippen LogP contribution in [0.15, 0.2) is 102 Å². The first-order valence-corrected chi connectivity index (χ1v) is 15.2. The molecule has 8 rings (SSSR count). The number of hydrogen-bond acceptors (Lipinski definition) is 9. The molecular formula is C32H22ClN5O5S. The Morgan fingerprint density at radius 2 is 1.59 bits per heavy atom. The van der Waals surface area contributed by atoms with Crippen molar-refractivity contribution in [3.05, 3.63) is 124 Å².